The summed E-state index contributed by atoms with van der Waals surface area (Å²) < 4.78 is 0. The summed E-state index contributed by atoms with van der Waals surface area (Å²) in [5, 5.41) is 4.85. The molecule has 0 bridgehead atoms. The van der Waals surface area contributed by atoms with Crippen molar-refractivity contribution in [3.05, 3.63) is 241 Å². The highest BCUT2D eigenvalue weighted by atomic mass is 14.9. The van der Waals surface area contributed by atoms with E-state index in [2.05, 4.69) is 246 Å². The van der Waals surface area contributed by atoms with Crippen LogP contribution in [0.4, 0.5) is 0 Å². The van der Waals surface area contributed by atoms with Gasteiger partial charge in [-0.1, -0.05) is 216 Å². The summed E-state index contributed by atoms with van der Waals surface area (Å²) >= 11 is 0. The minimum Gasteiger partial charge on any atom is -0.228 e. The number of benzene rings is 10. The van der Waals surface area contributed by atoms with Crippen molar-refractivity contribution in [1.29, 1.82) is 0 Å². The van der Waals surface area contributed by atoms with Crippen LogP contribution >= 0.6 is 0 Å². The summed E-state index contributed by atoms with van der Waals surface area (Å²) in [6.07, 6.45) is 0. The second-order valence-electron chi connectivity index (χ2n) is 19.7. The Bertz CT molecular complexity index is 3840. The summed E-state index contributed by atoms with van der Waals surface area (Å²) in [6.45, 7) is 9.47. The van der Waals surface area contributed by atoms with Gasteiger partial charge in [0.25, 0.3) is 0 Å². The number of fused-ring (bicyclic) bond motifs is 8. The van der Waals surface area contributed by atoms with Crippen molar-refractivity contribution >= 4 is 21.5 Å². The van der Waals surface area contributed by atoms with Gasteiger partial charge in [0.15, 0.2) is 5.82 Å². The topological polar surface area (TPSA) is 25.8 Å². The van der Waals surface area contributed by atoms with Gasteiger partial charge in [-0.15, -0.1) is 0 Å². The predicted molar refractivity (Wildman–Crippen MR) is 285 cm³/mol. The fourth-order valence-corrected chi connectivity index (χ4v) is 11.6. The first kappa shape index (κ1) is 40.1. The van der Waals surface area contributed by atoms with E-state index in [0.29, 0.717) is 5.82 Å². The van der Waals surface area contributed by atoms with Crippen LogP contribution in [-0.4, -0.2) is 9.97 Å². The molecule has 1 aromatic heterocycles. The van der Waals surface area contributed by atoms with Gasteiger partial charge < -0.3 is 0 Å². The minimum absolute atomic E-state index is 0.155. The molecule has 2 nitrogen and oxygen atoms in total. The Balaban J connectivity index is 0.945. The quantitative estimate of drug-likeness (QED) is 0.166. The van der Waals surface area contributed by atoms with Gasteiger partial charge in [0, 0.05) is 27.5 Å². The van der Waals surface area contributed by atoms with E-state index < -0.39 is 0 Å². The number of nitrogens with zero attached hydrogens (tertiary/aromatic N) is 2. The van der Waals surface area contributed by atoms with Crippen LogP contribution in [0.25, 0.3) is 111 Å². The summed E-state index contributed by atoms with van der Waals surface area (Å²) in [5.74, 6) is 0.711. The monoisotopic (exact) mass is 868 g/mol. The molecule has 322 valence electrons. The summed E-state index contributed by atoms with van der Waals surface area (Å²) in [4.78, 5) is 10.8. The van der Waals surface area contributed by atoms with Crippen molar-refractivity contribution in [2.45, 2.75) is 38.5 Å². The number of rotatable bonds is 6. The van der Waals surface area contributed by atoms with Gasteiger partial charge in [-0.2, -0.15) is 0 Å². The smallest absolute Gasteiger partial charge is 0.160 e. The van der Waals surface area contributed by atoms with Gasteiger partial charge in [-0.05, 0) is 130 Å². The van der Waals surface area contributed by atoms with Crippen molar-refractivity contribution in [2.24, 2.45) is 0 Å². The third kappa shape index (κ3) is 6.17. The molecule has 0 radical (unpaired) electrons. The van der Waals surface area contributed by atoms with Gasteiger partial charge in [-0.25, -0.2) is 9.97 Å². The molecular formula is C66H48N2. The molecule has 0 atom stereocenters. The van der Waals surface area contributed by atoms with Crippen LogP contribution in [0.15, 0.2) is 218 Å². The van der Waals surface area contributed by atoms with Gasteiger partial charge in [0.1, 0.15) is 0 Å². The zero-order valence-corrected chi connectivity index (χ0v) is 38.7. The number of hydrogen-bond donors (Lipinski definition) is 0. The van der Waals surface area contributed by atoms with Gasteiger partial charge in [0.05, 0.1) is 11.4 Å². The summed E-state index contributed by atoms with van der Waals surface area (Å²) in [7, 11) is 0. The van der Waals surface area contributed by atoms with E-state index in [4.69, 9.17) is 9.97 Å². The molecular weight excluding hydrogens is 821 g/mol. The van der Waals surface area contributed by atoms with Gasteiger partial charge in [-0.3, -0.25) is 0 Å². The zero-order chi connectivity index (χ0) is 45.7. The van der Waals surface area contributed by atoms with E-state index in [-0.39, 0.29) is 10.8 Å². The standard InChI is InChI=1S/C66H48N2/c1-65(2)57-29-17-28-55(63(57)56-36-43-22-11-12-23-44(43)37-60(56)65)62-40-61(67-64(68-62)42-20-9-6-10-21-42)54-35-34-51(49-26-15-16-27-50(49)54)48-25-14-13-24-47(48)46-31-33-53-52-32-30-45(41-18-7-5-8-19-41)38-58(52)66(3,4)59(53)39-46/h5-40H,1-4H3. The first-order valence-corrected chi connectivity index (χ1v) is 23.8. The molecule has 2 aliphatic rings. The molecule has 0 fully saturated rings. The predicted octanol–water partition coefficient (Wildman–Crippen LogP) is 17.4. The second-order valence-corrected chi connectivity index (χ2v) is 19.7. The molecule has 13 rings (SSSR count). The number of hydrogen-bond acceptors (Lipinski definition) is 2. The van der Waals surface area contributed by atoms with Crippen LogP contribution in [0.5, 0.6) is 0 Å². The van der Waals surface area contributed by atoms with E-state index in [1.807, 2.05) is 0 Å². The Morgan fingerprint density at radius 1 is 0.279 bits per heavy atom. The molecule has 0 amide bonds. The Hall–Kier alpha value is -8.20. The number of aromatic nitrogens is 2. The first-order valence-electron chi connectivity index (χ1n) is 23.8. The molecule has 1 heterocycles. The van der Waals surface area contributed by atoms with Crippen LogP contribution in [-0.2, 0) is 10.8 Å². The lowest BCUT2D eigenvalue weighted by molar-refractivity contribution is 0.661. The maximum absolute atomic E-state index is 5.41. The Labute approximate surface area is 398 Å². The van der Waals surface area contributed by atoms with Crippen LogP contribution in [0.3, 0.4) is 0 Å². The van der Waals surface area contributed by atoms with E-state index in [0.717, 1.165) is 33.5 Å². The largest absolute Gasteiger partial charge is 0.228 e. The van der Waals surface area contributed by atoms with Crippen LogP contribution < -0.4 is 0 Å². The Morgan fingerprint density at radius 3 is 1.50 bits per heavy atom. The summed E-state index contributed by atoms with van der Waals surface area (Å²) in [6, 6.07) is 80.0. The van der Waals surface area contributed by atoms with Crippen molar-refractivity contribution in [3.63, 3.8) is 0 Å². The highest BCUT2D eigenvalue weighted by Gasteiger charge is 2.38. The Morgan fingerprint density at radius 2 is 0.779 bits per heavy atom. The SMILES string of the molecule is CC1(C)c2cc(-c3ccccc3)ccc2-c2ccc(-c3ccccc3-c3ccc(-c4cc(-c5cccc6c5-c5cc7ccccc7cc5C6(C)C)nc(-c5ccccc5)n4)c4ccccc34)cc21. The van der Waals surface area contributed by atoms with Crippen LogP contribution in [0, 0.1) is 0 Å². The average molecular weight is 869 g/mol. The molecule has 2 aliphatic carbocycles. The van der Waals surface area contributed by atoms with E-state index >= 15 is 0 Å². The van der Waals surface area contributed by atoms with Crippen LogP contribution in [0.2, 0.25) is 0 Å². The van der Waals surface area contributed by atoms with E-state index in [9.17, 15) is 0 Å². The fraction of sp³-hybridized carbons (Fsp3) is 0.0909. The molecule has 2 heteroatoms. The van der Waals surface area contributed by atoms with Crippen LogP contribution in [0.1, 0.15) is 49.9 Å². The third-order valence-electron chi connectivity index (χ3n) is 15.1. The Kier molecular flexibility index (Phi) is 8.95. The minimum atomic E-state index is -0.168. The maximum atomic E-state index is 5.41. The van der Waals surface area contributed by atoms with E-state index in [1.165, 1.54) is 94.0 Å². The highest BCUT2D eigenvalue weighted by Crippen LogP contribution is 2.54. The molecule has 0 aliphatic heterocycles. The lowest BCUT2D eigenvalue weighted by Crippen LogP contribution is -2.15. The average Bonchev–Trinajstić information content (AvgIpc) is 3.76. The zero-order valence-electron chi connectivity index (χ0n) is 38.7. The van der Waals surface area contributed by atoms with E-state index in [1.54, 1.807) is 0 Å². The molecule has 0 N–H and O–H groups in total. The lowest BCUT2D eigenvalue weighted by atomic mass is 9.80. The van der Waals surface area contributed by atoms with Crippen molar-refractivity contribution in [2.75, 3.05) is 0 Å². The molecule has 10 aromatic carbocycles. The molecule has 11 aromatic rings. The third-order valence-corrected chi connectivity index (χ3v) is 15.1. The highest BCUT2D eigenvalue weighted by molar-refractivity contribution is 6.07. The molecule has 0 unspecified atom stereocenters. The van der Waals surface area contributed by atoms with Crippen molar-refractivity contribution in [3.8, 4) is 89.5 Å². The maximum Gasteiger partial charge on any atom is 0.160 e. The van der Waals surface area contributed by atoms with Gasteiger partial charge >= 0.3 is 0 Å². The lowest BCUT2D eigenvalue weighted by Gasteiger charge is -2.23. The van der Waals surface area contributed by atoms with Crippen molar-refractivity contribution < 1.29 is 0 Å². The molecule has 0 saturated carbocycles. The normalized spacial score (nSPS) is 13.8. The van der Waals surface area contributed by atoms with Crippen molar-refractivity contribution in [1.82, 2.24) is 9.97 Å². The second kappa shape index (κ2) is 15.2. The molecule has 68 heavy (non-hydrogen) atoms. The fourth-order valence-electron chi connectivity index (χ4n) is 11.6. The molecule has 0 spiro atoms. The summed E-state index contributed by atoms with van der Waals surface area (Å²) in [5.41, 5.74) is 22.6. The van der Waals surface area contributed by atoms with Gasteiger partial charge in [0.2, 0.25) is 0 Å². The molecule has 0 saturated heterocycles. The first-order chi connectivity index (χ1) is 33.2.